The zero-order chi connectivity index (χ0) is 22.1. The molecule has 0 saturated heterocycles. The molecule has 0 unspecified atom stereocenters. The van der Waals surface area contributed by atoms with E-state index in [2.05, 4.69) is 15.8 Å². The van der Waals surface area contributed by atoms with Crippen LogP contribution in [-0.2, 0) is 9.59 Å². The van der Waals surface area contributed by atoms with E-state index < -0.39 is 16.7 Å². The Morgan fingerprint density at radius 1 is 0.903 bits per heavy atom. The molecule has 0 bridgehead atoms. The maximum absolute atomic E-state index is 12.9. The van der Waals surface area contributed by atoms with Gasteiger partial charge in [0.05, 0.1) is 29.2 Å². The van der Waals surface area contributed by atoms with Crippen LogP contribution in [0.2, 0.25) is 0 Å². The number of hydrazone groups is 1. The lowest BCUT2D eigenvalue weighted by Gasteiger charge is -2.17. The minimum Gasteiger partial charge on any atom is -0.346 e. The number of para-hydroxylation sites is 1. The van der Waals surface area contributed by atoms with Crippen molar-refractivity contribution in [2.45, 2.75) is 5.92 Å². The van der Waals surface area contributed by atoms with Crippen molar-refractivity contribution in [2.24, 2.45) is 5.10 Å². The van der Waals surface area contributed by atoms with Gasteiger partial charge in [-0.25, -0.2) is 5.43 Å². The summed E-state index contributed by atoms with van der Waals surface area (Å²) in [5.74, 6) is -1.44. The number of nitro benzene ring substituents is 1. The summed E-state index contributed by atoms with van der Waals surface area (Å²) in [7, 11) is 0. The Kier molecular flexibility index (Phi) is 7.21. The van der Waals surface area contributed by atoms with E-state index in [1.165, 1.54) is 18.3 Å². The number of nitrogens with one attached hydrogen (secondary N) is 2. The fraction of sp³-hybridized carbons (Fsp3) is 0.0870. The molecule has 3 aromatic rings. The first kappa shape index (κ1) is 21.4. The van der Waals surface area contributed by atoms with Gasteiger partial charge in [-0.15, -0.1) is 0 Å². The third-order valence-electron chi connectivity index (χ3n) is 4.48. The van der Waals surface area contributed by atoms with Crippen LogP contribution >= 0.6 is 0 Å². The number of hydrogen-bond donors (Lipinski definition) is 2. The summed E-state index contributed by atoms with van der Waals surface area (Å²) in [6.07, 6.45) is 1.19. The molecule has 0 aromatic heterocycles. The van der Waals surface area contributed by atoms with Gasteiger partial charge in [-0.2, -0.15) is 5.10 Å². The van der Waals surface area contributed by atoms with Crippen LogP contribution in [0.1, 0.15) is 22.6 Å². The van der Waals surface area contributed by atoms with Gasteiger partial charge in [0.1, 0.15) is 0 Å². The topological polar surface area (TPSA) is 114 Å². The van der Waals surface area contributed by atoms with E-state index in [-0.39, 0.29) is 23.7 Å². The van der Waals surface area contributed by atoms with E-state index in [1.54, 1.807) is 12.1 Å². The first-order valence-corrected chi connectivity index (χ1v) is 9.49. The van der Waals surface area contributed by atoms with Gasteiger partial charge in [-0.1, -0.05) is 72.8 Å². The van der Waals surface area contributed by atoms with Crippen LogP contribution in [0, 0.1) is 10.1 Å². The van der Waals surface area contributed by atoms with Crippen molar-refractivity contribution in [3.63, 3.8) is 0 Å². The molecule has 0 radical (unpaired) electrons. The molecule has 0 aliphatic heterocycles. The fourth-order valence-corrected chi connectivity index (χ4v) is 3.03. The Hall–Kier alpha value is -4.33. The summed E-state index contributed by atoms with van der Waals surface area (Å²) in [4.78, 5) is 35.4. The van der Waals surface area contributed by atoms with Gasteiger partial charge in [0.25, 0.3) is 11.6 Å². The SMILES string of the molecule is O=C(CNC(=O)C(c1ccccc1)c1ccccc1)NN=Cc1ccccc1[N+](=O)[O-]. The largest absolute Gasteiger partial charge is 0.346 e. The van der Waals surface area contributed by atoms with Gasteiger partial charge in [-0.3, -0.25) is 19.7 Å². The number of carbonyl (C=O) groups excluding carboxylic acids is 2. The van der Waals surface area contributed by atoms with Crippen LogP contribution in [0.25, 0.3) is 0 Å². The normalized spacial score (nSPS) is 10.7. The molecule has 2 amide bonds. The average Bonchev–Trinajstić information content (AvgIpc) is 2.79. The highest BCUT2D eigenvalue weighted by molar-refractivity contribution is 5.91. The average molecular weight is 416 g/mol. The summed E-state index contributed by atoms with van der Waals surface area (Å²) in [5, 5.41) is 17.4. The molecule has 0 spiro atoms. The van der Waals surface area contributed by atoms with Gasteiger partial charge >= 0.3 is 0 Å². The van der Waals surface area contributed by atoms with Crippen LogP contribution < -0.4 is 10.7 Å². The van der Waals surface area contributed by atoms with Gasteiger partial charge in [-0.05, 0) is 17.2 Å². The maximum Gasteiger partial charge on any atom is 0.278 e. The Morgan fingerprint density at radius 2 is 1.45 bits per heavy atom. The van der Waals surface area contributed by atoms with Gasteiger partial charge in [0.15, 0.2) is 0 Å². The molecule has 0 heterocycles. The predicted molar refractivity (Wildman–Crippen MR) is 117 cm³/mol. The zero-order valence-corrected chi connectivity index (χ0v) is 16.5. The molecule has 8 nitrogen and oxygen atoms in total. The number of amides is 2. The molecule has 0 fully saturated rings. The molecule has 0 saturated carbocycles. The lowest BCUT2D eigenvalue weighted by Crippen LogP contribution is -2.37. The summed E-state index contributed by atoms with van der Waals surface area (Å²) < 4.78 is 0. The third-order valence-corrected chi connectivity index (χ3v) is 4.48. The van der Waals surface area contributed by atoms with Crippen molar-refractivity contribution in [3.8, 4) is 0 Å². The molecule has 0 aliphatic rings. The predicted octanol–water partition coefficient (Wildman–Crippen LogP) is 2.99. The van der Waals surface area contributed by atoms with E-state index >= 15 is 0 Å². The third kappa shape index (κ3) is 5.83. The number of carbonyl (C=O) groups is 2. The number of nitrogens with zero attached hydrogens (tertiary/aromatic N) is 2. The van der Waals surface area contributed by atoms with Crippen molar-refractivity contribution >= 4 is 23.7 Å². The molecular formula is C23H20N4O4. The standard InChI is InChI=1S/C23H20N4O4/c28-21(26-25-15-19-13-7-8-14-20(19)27(30)31)16-24-23(29)22(17-9-3-1-4-10-17)18-11-5-2-6-12-18/h1-15,22H,16H2,(H,24,29)(H,26,28). The number of nitro groups is 1. The smallest absolute Gasteiger partial charge is 0.278 e. The molecule has 8 heteroatoms. The van der Waals surface area contributed by atoms with Crippen molar-refractivity contribution < 1.29 is 14.5 Å². The van der Waals surface area contributed by atoms with Crippen LogP contribution in [0.3, 0.4) is 0 Å². The molecule has 0 aliphatic carbocycles. The first-order chi connectivity index (χ1) is 15.1. The van der Waals surface area contributed by atoms with Crippen LogP contribution in [0.15, 0.2) is 90.0 Å². The minimum absolute atomic E-state index is 0.123. The highest BCUT2D eigenvalue weighted by Crippen LogP contribution is 2.24. The lowest BCUT2D eigenvalue weighted by atomic mass is 9.90. The van der Waals surface area contributed by atoms with Crippen LogP contribution in [0.5, 0.6) is 0 Å². The highest BCUT2D eigenvalue weighted by Gasteiger charge is 2.22. The Morgan fingerprint density at radius 3 is 2.03 bits per heavy atom. The molecule has 31 heavy (non-hydrogen) atoms. The highest BCUT2D eigenvalue weighted by atomic mass is 16.6. The van der Waals surface area contributed by atoms with Gasteiger partial charge in [0.2, 0.25) is 5.91 Å². The zero-order valence-electron chi connectivity index (χ0n) is 16.5. The van der Waals surface area contributed by atoms with E-state index in [1.807, 2.05) is 60.7 Å². The van der Waals surface area contributed by atoms with Crippen molar-refractivity contribution in [1.29, 1.82) is 0 Å². The Labute approximate surface area is 178 Å². The molecule has 2 N–H and O–H groups in total. The quantitative estimate of drug-likeness (QED) is 0.334. The Bertz CT molecular complexity index is 1050. The van der Waals surface area contributed by atoms with Gasteiger partial charge in [0, 0.05) is 6.07 Å². The van der Waals surface area contributed by atoms with Crippen molar-refractivity contribution in [1.82, 2.24) is 10.7 Å². The maximum atomic E-state index is 12.9. The van der Waals surface area contributed by atoms with E-state index in [9.17, 15) is 19.7 Å². The monoisotopic (exact) mass is 416 g/mol. The number of hydrogen-bond acceptors (Lipinski definition) is 5. The summed E-state index contributed by atoms with van der Waals surface area (Å²) in [6, 6.07) is 24.6. The minimum atomic E-state index is -0.564. The van der Waals surface area contributed by atoms with Crippen LogP contribution in [0.4, 0.5) is 5.69 Å². The second kappa shape index (κ2) is 10.4. The molecule has 0 atom stereocenters. The van der Waals surface area contributed by atoms with E-state index in [0.717, 1.165) is 11.1 Å². The molecule has 3 rings (SSSR count). The second-order valence-corrected chi connectivity index (χ2v) is 6.58. The summed E-state index contributed by atoms with van der Waals surface area (Å²) >= 11 is 0. The van der Waals surface area contributed by atoms with E-state index in [4.69, 9.17) is 0 Å². The number of benzene rings is 3. The van der Waals surface area contributed by atoms with E-state index in [0.29, 0.717) is 0 Å². The lowest BCUT2D eigenvalue weighted by molar-refractivity contribution is -0.385. The first-order valence-electron chi connectivity index (χ1n) is 9.49. The fourth-order valence-electron chi connectivity index (χ4n) is 3.03. The number of rotatable bonds is 8. The molecule has 3 aromatic carbocycles. The van der Waals surface area contributed by atoms with Gasteiger partial charge < -0.3 is 5.32 Å². The van der Waals surface area contributed by atoms with Crippen LogP contribution in [-0.4, -0.2) is 29.5 Å². The van der Waals surface area contributed by atoms with Crippen molar-refractivity contribution in [3.05, 3.63) is 112 Å². The molecular weight excluding hydrogens is 396 g/mol. The summed E-state index contributed by atoms with van der Waals surface area (Å²) in [6.45, 7) is -0.288. The molecule has 156 valence electrons. The Balaban J connectivity index is 1.62. The second-order valence-electron chi connectivity index (χ2n) is 6.58. The summed E-state index contributed by atoms with van der Waals surface area (Å²) in [5.41, 5.74) is 4.01. The van der Waals surface area contributed by atoms with Crippen molar-refractivity contribution in [2.75, 3.05) is 6.54 Å².